The fourth-order valence-corrected chi connectivity index (χ4v) is 2.51. The van der Waals surface area contributed by atoms with Gasteiger partial charge in [0.15, 0.2) is 5.78 Å². The number of aromatic carboxylic acids is 1. The van der Waals surface area contributed by atoms with Crippen molar-refractivity contribution in [1.29, 1.82) is 0 Å². The Hall–Kier alpha value is -2.36. The van der Waals surface area contributed by atoms with Crippen molar-refractivity contribution in [3.63, 3.8) is 0 Å². The molecule has 0 bridgehead atoms. The number of carboxylic acids is 1. The average molecular weight is 358 g/mol. The molecule has 2 N–H and O–H groups in total. The summed E-state index contributed by atoms with van der Waals surface area (Å²) in [7, 11) is 0. The summed E-state index contributed by atoms with van der Waals surface area (Å²) < 4.78 is 0. The highest BCUT2D eigenvalue weighted by Gasteiger charge is 2.16. The third-order valence-electron chi connectivity index (χ3n) is 4.22. The highest BCUT2D eigenvalue weighted by molar-refractivity contribution is 5.91. The molecule has 1 atom stereocenters. The standard InChI is InChI=1S/C22H30O4/c1-14(2)6-9-17-12-19(22(25)26)13-18(21(17)24)10-8-16(5)20(23)11-7-15(3)4/h6-7,11-13,15-16,24H,8-10H2,1-5H3,(H,25,26)/b11-7+. The number of hydrogen-bond acceptors (Lipinski definition) is 3. The van der Waals surface area contributed by atoms with E-state index in [2.05, 4.69) is 0 Å². The monoisotopic (exact) mass is 358 g/mol. The molecule has 0 radical (unpaired) electrons. The van der Waals surface area contributed by atoms with E-state index >= 15 is 0 Å². The van der Waals surface area contributed by atoms with Gasteiger partial charge in [-0.05, 0) is 68.4 Å². The summed E-state index contributed by atoms with van der Waals surface area (Å²) in [5.74, 6) is -0.699. The molecule has 0 saturated carbocycles. The van der Waals surface area contributed by atoms with E-state index in [0.717, 1.165) is 5.57 Å². The van der Waals surface area contributed by atoms with E-state index in [1.807, 2.05) is 46.8 Å². The van der Waals surface area contributed by atoms with E-state index in [4.69, 9.17) is 0 Å². The van der Waals surface area contributed by atoms with Gasteiger partial charge in [-0.2, -0.15) is 0 Å². The summed E-state index contributed by atoms with van der Waals surface area (Å²) in [4.78, 5) is 23.5. The summed E-state index contributed by atoms with van der Waals surface area (Å²) in [6.45, 7) is 9.79. The van der Waals surface area contributed by atoms with Gasteiger partial charge in [0, 0.05) is 5.92 Å². The zero-order chi connectivity index (χ0) is 19.9. The van der Waals surface area contributed by atoms with Crippen molar-refractivity contribution < 1.29 is 19.8 Å². The number of carbonyl (C=O) groups excluding carboxylic acids is 1. The van der Waals surface area contributed by atoms with E-state index in [-0.39, 0.29) is 23.0 Å². The van der Waals surface area contributed by atoms with Crippen LogP contribution in [0.25, 0.3) is 0 Å². The number of carboxylic acid groups (broad SMARTS) is 1. The second-order valence-corrected chi connectivity index (χ2v) is 7.38. The molecule has 142 valence electrons. The third kappa shape index (κ3) is 6.87. The number of phenols is 1. The van der Waals surface area contributed by atoms with Crippen molar-refractivity contribution in [2.75, 3.05) is 0 Å². The lowest BCUT2D eigenvalue weighted by Crippen LogP contribution is -2.10. The summed E-state index contributed by atoms with van der Waals surface area (Å²) in [5, 5.41) is 19.8. The fraction of sp³-hybridized carbons (Fsp3) is 0.455. The van der Waals surface area contributed by atoms with Crippen LogP contribution in [0.4, 0.5) is 0 Å². The van der Waals surface area contributed by atoms with Gasteiger partial charge in [-0.1, -0.05) is 38.5 Å². The lowest BCUT2D eigenvalue weighted by atomic mass is 9.93. The first kappa shape index (κ1) is 21.7. The second kappa shape index (κ2) is 9.95. The van der Waals surface area contributed by atoms with E-state index < -0.39 is 5.97 Å². The van der Waals surface area contributed by atoms with E-state index in [0.29, 0.717) is 36.3 Å². The van der Waals surface area contributed by atoms with Gasteiger partial charge in [-0.3, -0.25) is 4.79 Å². The normalized spacial score (nSPS) is 12.4. The highest BCUT2D eigenvalue weighted by atomic mass is 16.4. The number of allylic oxidation sites excluding steroid dienone is 4. The Bertz CT molecular complexity index is 707. The van der Waals surface area contributed by atoms with Gasteiger partial charge in [-0.25, -0.2) is 4.79 Å². The quantitative estimate of drug-likeness (QED) is 0.484. The summed E-state index contributed by atoms with van der Waals surface area (Å²) in [5.41, 5.74) is 2.44. The molecule has 0 aliphatic heterocycles. The first-order valence-corrected chi connectivity index (χ1v) is 9.05. The molecular weight excluding hydrogens is 328 g/mol. The van der Waals surface area contributed by atoms with Gasteiger partial charge in [-0.15, -0.1) is 0 Å². The molecular formula is C22H30O4. The molecule has 0 fully saturated rings. The van der Waals surface area contributed by atoms with Crippen LogP contribution in [-0.2, 0) is 17.6 Å². The summed E-state index contributed by atoms with van der Waals surface area (Å²) >= 11 is 0. The van der Waals surface area contributed by atoms with Crippen LogP contribution in [-0.4, -0.2) is 22.0 Å². The number of rotatable bonds is 9. The molecule has 1 unspecified atom stereocenters. The maximum Gasteiger partial charge on any atom is 0.335 e. The van der Waals surface area contributed by atoms with Crippen LogP contribution in [0.5, 0.6) is 5.75 Å². The Balaban J connectivity index is 2.99. The molecule has 0 aliphatic rings. The average Bonchev–Trinajstić information content (AvgIpc) is 2.56. The van der Waals surface area contributed by atoms with Crippen molar-refractivity contribution in [3.05, 3.63) is 52.6 Å². The van der Waals surface area contributed by atoms with E-state index in [1.165, 1.54) is 12.1 Å². The lowest BCUT2D eigenvalue weighted by Gasteiger charge is -2.13. The molecule has 0 aromatic heterocycles. The van der Waals surface area contributed by atoms with Crippen molar-refractivity contribution >= 4 is 11.8 Å². The van der Waals surface area contributed by atoms with Crippen LogP contribution in [0.15, 0.2) is 35.9 Å². The molecule has 0 spiro atoms. The maximum atomic E-state index is 12.1. The molecule has 4 heteroatoms. The summed E-state index contributed by atoms with van der Waals surface area (Å²) in [6, 6.07) is 3.02. The van der Waals surface area contributed by atoms with Crippen molar-refractivity contribution in [2.45, 2.75) is 53.9 Å². The van der Waals surface area contributed by atoms with Crippen LogP contribution in [0, 0.1) is 11.8 Å². The van der Waals surface area contributed by atoms with E-state index in [9.17, 15) is 19.8 Å². The first-order chi connectivity index (χ1) is 12.1. The van der Waals surface area contributed by atoms with Gasteiger partial charge in [0.25, 0.3) is 0 Å². The molecule has 0 aliphatic carbocycles. The number of benzene rings is 1. The van der Waals surface area contributed by atoms with Crippen LogP contribution >= 0.6 is 0 Å². The number of phenolic OH excluding ortho intramolecular Hbond substituents is 1. The minimum Gasteiger partial charge on any atom is -0.507 e. The van der Waals surface area contributed by atoms with Gasteiger partial charge in [0.1, 0.15) is 5.75 Å². The lowest BCUT2D eigenvalue weighted by molar-refractivity contribution is -0.117. The number of aromatic hydroxyl groups is 1. The second-order valence-electron chi connectivity index (χ2n) is 7.38. The smallest absolute Gasteiger partial charge is 0.335 e. The van der Waals surface area contributed by atoms with Gasteiger partial charge in [0.05, 0.1) is 5.56 Å². The molecule has 26 heavy (non-hydrogen) atoms. The molecule has 0 heterocycles. The highest BCUT2D eigenvalue weighted by Crippen LogP contribution is 2.28. The molecule has 1 rings (SSSR count). The Labute approximate surface area is 156 Å². The van der Waals surface area contributed by atoms with Gasteiger partial charge >= 0.3 is 5.97 Å². The number of aryl methyl sites for hydroxylation is 1. The van der Waals surface area contributed by atoms with Crippen molar-refractivity contribution in [3.8, 4) is 5.75 Å². The number of ketones is 1. The molecule has 1 aromatic rings. The number of carbonyl (C=O) groups is 2. The predicted molar refractivity (Wildman–Crippen MR) is 105 cm³/mol. The SMILES string of the molecule is CC(C)=CCc1cc(C(=O)O)cc(CCC(C)C(=O)/C=C/C(C)C)c1O. The molecule has 4 nitrogen and oxygen atoms in total. The Morgan fingerprint density at radius 3 is 2.27 bits per heavy atom. The maximum absolute atomic E-state index is 12.1. The minimum atomic E-state index is -1.02. The Morgan fingerprint density at radius 1 is 1.12 bits per heavy atom. The topological polar surface area (TPSA) is 74.6 Å². The molecule has 0 saturated heterocycles. The van der Waals surface area contributed by atoms with Crippen LogP contribution in [0.2, 0.25) is 0 Å². The first-order valence-electron chi connectivity index (χ1n) is 9.05. The minimum absolute atomic E-state index is 0.0531. The van der Waals surface area contributed by atoms with E-state index in [1.54, 1.807) is 6.08 Å². The van der Waals surface area contributed by atoms with Crippen molar-refractivity contribution in [1.82, 2.24) is 0 Å². The van der Waals surface area contributed by atoms with Gasteiger partial charge < -0.3 is 10.2 Å². The van der Waals surface area contributed by atoms with Crippen molar-refractivity contribution in [2.24, 2.45) is 11.8 Å². The zero-order valence-corrected chi connectivity index (χ0v) is 16.4. The Morgan fingerprint density at radius 2 is 1.73 bits per heavy atom. The van der Waals surface area contributed by atoms with Crippen LogP contribution in [0.1, 0.15) is 62.5 Å². The van der Waals surface area contributed by atoms with Crippen LogP contribution in [0.3, 0.4) is 0 Å². The number of hydrogen-bond donors (Lipinski definition) is 2. The molecule has 1 aromatic carbocycles. The largest absolute Gasteiger partial charge is 0.507 e. The zero-order valence-electron chi connectivity index (χ0n) is 16.4. The third-order valence-corrected chi connectivity index (χ3v) is 4.22. The van der Waals surface area contributed by atoms with Crippen LogP contribution < -0.4 is 0 Å². The fourth-order valence-electron chi connectivity index (χ4n) is 2.51. The summed E-state index contributed by atoms with van der Waals surface area (Å²) in [6.07, 6.45) is 6.93. The predicted octanol–water partition coefficient (Wildman–Crippen LogP) is 4.95. The van der Waals surface area contributed by atoms with Gasteiger partial charge in [0.2, 0.25) is 0 Å². The Kier molecular flexibility index (Phi) is 8.30. The molecule has 0 amide bonds.